The first kappa shape index (κ1) is 16.7. The van der Waals surface area contributed by atoms with Crippen LogP contribution in [-0.2, 0) is 16.6 Å². The van der Waals surface area contributed by atoms with E-state index < -0.39 is 22.1 Å². The average molecular weight is 342 g/mol. The molecule has 1 N–H and O–H groups in total. The zero-order chi connectivity index (χ0) is 15.7. The summed E-state index contributed by atoms with van der Waals surface area (Å²) in [7, 11) is -1.99. The third kappa shape index (κ3) is 3.58. The Kier molecular flexibility index (Phi) is 4.96. The SMILES string of the molecule is CNCc1sccc1S(=O)(=O)N1CCC(C(F)(F)F)CC1. The van der Waals surface area contributed by atoms with E-state index in [0.29, 0.717) is 11.4 Å². The third-order valence-electron chi connectivity index (χ3n) is 3.58. The summed E-state index contributed by atoms with van der Waals surface area (Å²) in [6, 6.07) is 1.52. The summed E-state index contributed by atoms with van der Waals surface area (Å²) in [5, 5.41) is 4.57. The highest BCUT2D eigenvalue weighted by molar-refractivity contribution is 7.89. The Morgan fingerprint density at radius 3 is 2.52 bits per heavy atom. The Bertz CT molecular complexity index is 576. The Balaban J connectivity index is 2.13. The van der Waals surface area contributed by atoms with Crippen molar-refractivity contribution in [2.24, 2.45) is 5.92 Å². The average Bonchev–Trinajstić information content (AvgIpc) is 2.87. The first-order chi connectivity index (χ1) is 9.76. The normalized spacial score (nSPS) is 19.0. The van der Waals surface area contributed by atoms with Gasteiger partial charge in [0.15, 0.2) is 0 Å². The largest absolute Gasteiger partial charge is 0.391 e. The fourth-order valence-electron chi connectivity index (χ4n) is 2.41. The van der Waals surface area contributed by atoms with Crippen molar-refractivity contribution < 1.29 is 21.6 Å². The van der Waals surface area contributed by atoms with Crippen LogP contribution in [0.5, 0.6) is 0 Å². The minimum absolute atomic E-state index is 0.0820. The molecule has 1 aromatic heterocycles. The smallest absolute Gasteiger partial charge is 0.315 e. The van der Waals surface area contributed by atoms with Crippen molar-refractivity contribution in [2.75, 3.05) is 20.1 Å². The lowest BCUT2D eigenvalue weighted by atomic mass is 9.98. The van der Waals surface area contributed by atoms with E-state index in [0.717, 1.165) is 4.31 Å². The molecule has 4 nitrogen and oxygen atoms in total. The molecule has 0 bridgehead atoms. The van der Waals surface area contributed by atoms with Crippen molar-refractivity contribution in [2.45, 2.75) is 30.5 Å². The molecule has 0 aliphatic carbocycles. The van der Waals surface area contributed by atoms with E-state index in [2.05, 4.69) is 5.32 Å². The van der Waals surface area contributed by atoms with Gasteiger partial charge in [-0.05, 0) is 31.3 Å². The summed E-state index contributed by atoms with van der Waals surface area (Å²) < 4.78 is 64.1. The highest BCUT2D eigenvalue weighted by Crippen LogP contribution is 2.36. The van der Waals surface area contributed by atoms with E-state index in [-0.39, 0.29) is 30.8 Å². The van der Waals surface area contributed by atoms with E-state index in [9.17, 15) is 21.6 Å². The van der Waals surface area contributed by atoms with Crippen LogP contribution in [0.25, 0.3) is 0 Å². The molecule has 2 heterocycles. The van der Waals surface area contributed by atoms with Crippen LogP contribution in [-0.4, -0.2) is 39.0 Å². The highest BCUT2D eigenvalue weighted by atomic mass is 32.2. The van der Waals surface area contributed by atoms with E-state index in [1.54, 1.807) is 12.4 Å². The first-order valence-corrected chi connectivity index (χ1v) is 8.86. The monoisotopic (exact) mass is 342 g/mol. The maximum absolute atomic E-state index is 12.6. The molecule has 0 aromatic carbocycles. The molecule has 1 aromatic rings. The minimum Gasteiger partial charge on any atom is -0.315 e. The summed E-state index contributed by atoms with van der Waals surface area (Å²) in [6.07, 6.45) is -4.59. The number of thiophene rings is 1. The van der Waals surface area contributed by atoms with Gasteiger partial charge in [-0.25, -0.2) is 8.42 Å². The molecule has 0 amide bonds. The van der Waals surface area contributed by atoms with Gasteiger partial charge in [0.2, 0.25) is 10.0 Å². The molecule has 21 heavy (non-hydrogen) atoms. The van der Waals surface area contributed by atoms with Gasteiger partial charge in [-0.3, -0.25) is 0 Å². The van der Waals surface area contributed by atoms with Crippen LogP contribution in [0.15, 0.2) is 16.3 Å². The second-order valence-corrected chi connectivity index (χ2v) is 7.87. The number of piperidine rings is 1. The van der Waals surface area contributed by atoms with Crippen LogP contribution >= 0.6 is 11.3 Å². The third-order valence-corrected chi connectivity index (χ3v) is 6.61. The van der Waals surface area contributed by atoms with Gasteiger partial charge in [0.05, 0.1) is 10.8 Å². The van der Waals surface area contributed by atoms with Crippen molar-refractivity contribution in [1.29, 1.82) is 0 Å². The second-order valence-electron chi connectivity index (χ2n) is 4.96. The van der Waals surface area contributed by atoms with E-state index in [1.165, 1.54) is 17.4 Å². The van der Waals surface area contributed by atoms with Crippen LogP contribution < -0.4 is 5.32 Å². The van der Waals surface area contributed by atoms with E-state index in [1.807, 2.05) is 0 Å². The standard InChI is InChI=1S/C12H17F3N2O2S2/c1-16-8-10-11(4-7-20-10)21(18,19)17-5-2-9(3-6-17)12(13,14)15/h4,7,9,16H,2-3,5-6,8H2,1H3. The number of alkyl halides is 3. The predicted octanol–water partition coefficient (Wildman–Crippen LogP) is 2.43. The number of rotatable bonds is 4. The lowest BCUT2D eigenvalue weighted by Crippen LogP contribution is -2.42. The second kappa shape index (κ2) is 6.23. The maximum Gasteiger partial charge on any atom is 0.391 e. The molecule has 1 fully saturated rings. The minimum atomic E-state index is -4.24. The molecule has 0 unspecified atom stereocenters. The molecule has 2 rings (SSSR count). The van der Waals surface area contributed by atoms with Crippen molar-refractivity contribution in [3.63, 3.8) is 0 Å². The van der Waals surface area contributed by atoms with Gasteiger partial charge < -0.3 is 5.32 Å². The first-order valence-electron chi connectivity index (χ1n) is 6.54. The van der Waals surface area contributed by atoms with Gasteiger partial charge in [0, 0.05) is 24.5 Å². The van der Waals surface area contributed by atoms with Gasteiger partial charge in [0.1, 0.15) is 0 Å². The molecule has 9 heteroatoms. The Morgan fingerprint density at radius 2 is 2.00 bits per heavy atom. The molecule has 0 spiro atoms. The molecular weight excluding hydrogens is 325 g/mol. The van der Waals surface area contributed by atoms with Crippen LogP contribution in [0, 0.1) is 5.92 Å². The molecule has 1 aliphatic rings. The summed E-state index contributed by atoms with van der Waals surface area (Å²) in [4.78, 5) is 0.878. The fraction of sp³-hybridized carbons (Fsp3) is 0.667. The molecule has 0 radical (unpaired) electrons. The lowest BCUT2D eigenvalue weighted by molar-refractivity contribution is -0.182. The lowest BCUT2D eigenvalue weighted by Gasteiger charge is -2.32. The van der Waals surface area contributed by atoms with Crippen LogP contribution in [0.2, 0.25) is 0 Å². The topological polar surface area (TPSA) is 49.4 Å². The van der Waals surface area contributed by atoms with E-state index >= 15 is 0 Å². The predicted molar refractivity (Wildman–Crippen MR) is 74.6 cm³/mol. The quantitative estimate of drug-likeness (QED) is 0.914. The van der Waals surface area contributed by atoms with Crippen LogP contribution in [0.1, 0.15) is 17.7 Å². The number of hydrogen-bond acceptors (Lipinski definition) is 4. The fourth-order valence-corrected chi connectivity index (χ4v) is 5.31. The Hall–Kier alpha value is -0.640. The van der Waals surface area contributed by atoms with E-state index in [4.69, 9.17) is 0 Å². The summed E-state index contributed by atoms with van der Waals surface area (Å²) in [5.41, 5.74) is 0. The van der Waals surface area contributed by atoms with Crippen LogP contribution in [0.3, 0.4) is 0 Å². The van der Waals surface area contributed by atoms with Gasteiger partial charge >= 0.3 is 6.18 Å². The number of halogens is 3. The Labute approximate surface area is 126 Å². The van der Waals surface area contributed by atoms with Gasteiger partial charge in [0.25, 0.3) is 0 Å². The maximum atomic E-state index is 12.6. The highest BCUT2D eigenvalue weighted by Gasteiger charge is 2.43. The van der Waals surface area contributed by atoms with Gasteiger partial charge in [-0.1, -0.05) is 0 Å². The van der Waals surface area contributed by atoms with Crippen molar-refractivity contribution >= 4 is 21.4 Å². The number of sulfonamides is 1. The Morgan fingerprint density at radius 1 is 1.38 bits per heavy atom. The van der Waals surface area contributed by atoms with Crippen molar-refractivity contribution in [1.82, 2.24) is 9.62 Å². The van der Waals surface area contributed by atoms with Gasteiger partial charge in [-0.2, -0.15) is 17.5 Å². The molecule has 0 saturated carbocycles. The summed E-state index contributed by atoms with van der Waals surface area (Å²) in [6.45, 7) is 0.258. The molecular formula is C12H17F3N2O2S2. The van der Waals surface area contributed by atoms with Crippen molar-refractivity contribution in [3.8, 4) is 0 Å². The summed E-state index contributed by atoms with van der Waals surface area (Å²) in [5.74, 6) is -1.40. The zero-order valence-electron chi connectivity index (χ0n) is 11.5. The zero-order valence-corrected chi connectivity index (χ0v) is 13.1. The molecule has 0 atom stereocenters. The molecule has 1 saturated heterocycles. The van der Waals surface area contributed by atoms with Crippen LogP contribution in [0.4, 0.5) is 13.2 Å². The van der Waals surface area contributed by atoms with Crippen molar-refractivity contribution in [3.05, 3.63) is 16.3 Å². The number of nitrogens with one attached hydrogen (secondary N) is 1. The molecule has 120 valence electrons. The number of hydrogen-bond donors (Lipinski definition) is 1. The molecule has 1 aliphatic heterocycles. The summed E-state index contributed by atoms with van der Waals surface area (Å²) >= 11 is 1.32. The number of nitrogens with zero attached hydrogens (tertiary/aromatic N) is 1. The van der Waals surface area contributed by atoms with Gasteiger partial charge in [-0.15, -0.1) is 11.3 Å².